The van der Waals surface area contributed by atoms with E-state index in [1.165, 1.54) is 5.69 Å². The Labute approximate surface area is 248 Å². The lowest BCUT2D eigenvalue weighted by molar-refractivity contribution is 0.0696. The number of halogens is 2. The summed E-state index contributed by atoms with van der Waals surface area (Å²) in [5, 5.41) is 15.7. The maximum atomic E-state index is 11.7. The largest absolute Gasteiger partial charge is 0.478 e. The van der Waals surface area contributed by atoms with E-state index in [1.54, 1.807) is 47.6 Å². The first kappa shape index (κ1) is 27.3. The van der Waals surface area contributed by atoms with E-state index in [1.807, 2.05) is 24.4 Å². The van der Waals surface area contributed by atoms with Gasteiger partial charge in [0.1, 0.15) is 6.04 Å². The molecular formula is C30H29Cl2N7O2. The van der Waals surface area contributed by atoms with Gasteiger partial charge in [-0.25, -0.2) is 20.2 Å². The third kappa shape index (κ3) is 5.80. The first-order valence-electron chi connectivity index (χ1n) is 13.3. The van der Waals surface area contributed by atoms with Crippen molar-refractivity contribution in [2.45, 2.75) is 12.1 Å². The number of hydrogen-bond acceptors (Lipinski definition) is 8. The maximum absolute atomic E-state index is 11.7. The summed E-state index contributed by atoms with van der Waals surface area (Å²) in [4.78, 5) is 26.0. The number of carboxylic acid groups (broad SMARTS) is 1. The molecule has 41 heavy (non-hydrogen) atoms. The summed E-state index contributed by atoms with van der Waals surface area (Å²) in [5.41, 5.74) is 7.87. The lowest BCUT2D eigenvalue weighted by atomic mass is 9.92. The van der Waals surface area contributed by atoms with Crippen LogP contribution in [0.4, 0.5) is 17.1 Å². The monoisotopic (exact) mass is 589 g/mol. The zero-order chi connectivity index (χ0) is 28.5. The van der Waals surface area contributed by atoms with Crippen LogP contribution in [0.2, 0.25) is 10.0 Å². The Balaban J connectivity index is 1.29. The van der Waals surface area contributed by atoms with E-state index in [-0.39, 0.29) is 11.6 Å². The molecule has 3 aliphatic heterocycles. The normalized spacial score (nSPS) is 20.8. The second-order valence-electron chi connectivity index (χ2n) is 10.2. The van der Waals surface area contributed by atoms with E-state index >= 15 is 0 Å². The van der Waals surface area contributed by atoms with Crippen molar-refractivity contribution in [1.82, 2.24) is 10.3 Å². The number of aromatic carboxylic acids is 1. The van der Waals surface area contributed by atoms with Crippen LogP contribution in [0.1, 0.15) is 22.0 Å². The van der Waals surface area contributed by atoms with Gasteiger partial charge in [0.05, 0.1) is 27.3 Å². The van der Waals surface area contributed by atoms with Crippen molar-refractivity contribution in [3.63, 3.8) is 0 Å². The summed E-state index contributed by atoms with van der Waals surface area (Å²) >= 11 is 13.1. The molecule has 3 aliphatic rings. The Hall–Kier alpha value is -3.89. The number of benzene rings is 3. The average molecular weight is 591 g/mol. The van der Waals surface area contributed by atoms with Crippen molar-refractivity contribution >= 4 is 58.4 Å². The summed E-state index contributed by atoms with van der Waals surface area (Å²) in [5.74, 6) is -0.537. The van der Waals surface area contributed by atoms with Crippen molar-refractivity contribution in [1.29, 1.82) is 0 Å². The Morgan fingerprint density at radius 1 is 1.00 bits per heavy atom. The summed E-state index contributed by atoms with van der Waals surface area (Å²) in [6, 6.07) is 19.6. The Kier molecular flexibility index (Phi) is 7.68. The number of hydrazine groups is 1. The van der Waals surface area contributed by atoms with E-state index < -0.39 is 12.0 Å². The zero-order valence-corrected chi connectivity index (χ0v) is 23.8. The highest BCUT2D eigenvalue weighted by molar-refractivity contribution is 6.39. The van der Waals surface area contributed by atoms with Crippen molar-refractivity contribution in [3.05, 3.63) is 99.7 Å². The van der Waals surface area contributed by atoms with E-state index in [4.69, 9.17) is 28.2 Å². The number of guanidine groups is 1. The fourth-order valence-electron chi connectivity index (χ4n) is 5.22. The highest BCUT2D eigenvalue weighted by atomic mass is 35.5. The highest BCUT2D eigenvalue weighted by Gasteiger charge is 2.35. The number of likely N-dealkylation sites (N-methyl/N-ethyl adjacent to an activating group) is 1. The molecule has 0 radical (unpaired) electrons. The molecule has 0 aromatic heterocycles. The van der Waals surface area contributed by atoms with Gasteiger partial charge in [-0.3, -0.25) is 5.01 Å². The molecule has 1 fully saturated rings. The minimum absolute atomic E-state index is 0.190. The molecule has 2 unspecified atom stereocenters. The van der Waals surface area contributed by atoms with Crippen molar-refractivity contribution in [3.8, 4) is 0 Å². The number of rotatable bonds is 5. The van der Waals surface area contributed by atoms with Gasteiger partial charge < -0.3 is 20.2 Å². The molecule has 9 nitrogen and oxygen atoms in total. The van der Waals surface area contributed by atoms with Crippen LogP contribution in [0.3, 0.4) is 0 Å². The minimum Gasteiger partial charge on any atom is -0.478 e. The van der Waals surface area contributed by atoms with Crippen LogP contribution in [0, 0.1) is 0 Å². The predicted octanol–water partition coefficient (Wildman–Crippen LogP) is 5.31. The number of aliphatic imine (C=N–C) groups is 2. The molecule has 0 spiro atoms. The molecular weight excluding hydrogens is 561 g/mol. The maximum Gasteiger partial charge on any atom is 0.335 e. The quantitative estimate of drug-likeness (QED) is 0.371. The molecule has 2 atom stereocenters. The summed E-state index contributed by atoms with van der Waals surface area (Å²) in [6.45, 7) is 4.11. The number of para-hydroxylation sites is 1. The first-order chi connectivity index (χ1) is 19.9. The van der Waals surface area contributed by atoms with Gasteiger partial charge in [-0.15, -0.1) is 0 Å². The summed E-state index contributed by atoms with van der Waals surface area (Å²) in [6.07, 6.45) is 3.63. The first-order valence-corrected chi connectivity index (χ1v) is 14.1. The van der Waals surface area contributed by atoms with Crippen molar-refractivity contribution in [2.24, 2.45) is 9.98 Å². The van der Waals surface area contributed by atoms with E-state index in [2.05, 4.69) is 44.7 Å². The van der Waals surface area contributed by atoms with Gasteiger partial charge in [-0.2, -0.15) is 0 Å². The van der Waals surface area contributed by atoms with Crippen LogP contribution in [0.25, 0.3) is 0 Å². The fraction of sp³-hybridized carbons (Fsp3) is 0.233. The summed E-state index contributed by atoms with van der Waals surface area (Å²) < 4.78 is 0. The second kappa shape index (κ2) is 11.5. The van der Waals surface area contributed by atoms with E-state index in [0.29, 0.717) is 21.7 Å². The molecule has 210 valence electrons. The van der Waals surface area contributed by atoms with Crippen LogP contribution < -0.4 is 20.7 Å². The average Bonchev–Trinajstić information content (AvgIpc) is 2.98. The molecule has 1 saturated heterocycles. The number of anilines is 3. The van der Waals surface area contributed by atoms with Crippen molar-refractivity contribution in [2.75, 3.05) is 48.5 Å². The molecule has 11 heteroatoms. The van der Waals surface area contributed by atoms with Crippen LogP contribution in [0.5, 0.6) is 0 Å². The molecule has 0 amide bonds. The SMILES string of the molecule is CN1CCN(c2ccc(NC3=NC4C(=CN(c5c(Cl)cccc5Cl)NC4c4cccc(C(=O)O)c4)C=N3)cc2)CC1. The standard InChI is InChI=1S/C30H29Cl2N7O2/c1-37-12-14-38(15-13-37)23-10-8-22(9-11-23)34-30-33-17-21-18-39(28-24(31)6-3-7-25(28)32)36-27(26(21)35-30)19-4-2-5-20(16-19)29(40)41/h2-11,16-18,26-27,36H,12-15H2,1H3,(H,34,35)(H,40,41). The topological polar surface area (TPSA) is 95.8 Å². The van der Waals surface area contributed by atoms with E-state index in [0.717, 1.165) is 43.0 Å². The van der Waals surface area contributed by atoms with Gasteiger partial charge >= 0.3 is 5.97 Å². The van der Waals surface area contributed by atoms with Crippen LogP contribution in [-0.4, -0.2) is 67.4 Å². The smallest absolute Gasteiger partial charge is 0.335 e. The number of nitrogens with zero attached hydrogens (tertiary/aromatic N) is 5. The van der Waals surface area contributed by atoms with E-state index in [9.17, 15) is 9.90 Å². The Morgan fingerprint density at radius 3 is 2.41 bits per heavy atom. The zero-order valence-electron chi connectivity index (χ0n) is 22.3. The van der Waals surface area contributed by atoms with Gasteiger partial charge in [-0.05, 0) is 61.1 Å². The van der Waals surface area contributed by atoms with Crippen molar-refractivity contribution < 1.29 is 9.90 Å². The number of fused-ring (bicyclic) bond motifs is 1. The fourth-order valence-corrected chi connectivity index (χ4v) is 5.80. The number of carbonyl (C=O) groups is 1. The molecule has 0 aliphatic carbocycles. The third-order valence-electron chi connectivity index (χ3n) is 7.47. The number of nitrogens with one attached hydrogen (secondary N) is 2. The molecule has 3 aromatic carbocycles. The molecule has 0 saturated carbocycles. The minimum atomic E-state index is -1.000. The second-order valence-corrected chi connectivity index (χ2v) is 11.0. The van der Waals surface area contributed by atoms with Gasteiger partial charge in [0.2, 0.25) is 5.96 Å². The van der Waals surface area contributed by atoms with Crippen LogP contribution in [0.15, 0.2) is 88.5 Å². The number of carboxylic acids is 1. The number of hydrogen-bond donors (Lipinski definition) is 3. The van der Waals surface area contributed by atoms with Crippen LogP contribution in [-0.2, 0) is 0 Å². The Bertz CT molecular complexity index is 1530. The molecule has 3 aromatic rings. The molecule has 0 bridgehead atoms. The number of piperazine rings is 1. The van der Waals surface area contributed by atoms with Gasteiger partial charge in [-0.1, -0.05) is 41.4 Å². The molecule has 3 heterocycles. The Morgan fingerprint density at radius 2 is 1.71 bits per heavy atom. The lowest BCUT2D eigenvalue weighted by Gasteiger charge is -2.39. The third-order valence-corrected chi connectivity index (χ3v) is 8.08. The van der Waals surface area contributed by atoms with Gasteiger partial charge in [0.15, 0.2) is 0 Å². The van der Waals surface area contributed by atoms with Gasteiger partial charge in [0.25, 0.3) is 0 Å². The predicted molar refractivity (Wildman–Crippen MR) is 166 cm³/mol. The lowest BCUT2D eigenvalue weighted by Crippen LogP contribution is -2.48. The van der Waals surface area contributed by atoms with Gasteiger partial charge in [0, 0.05) is 55.5 Å². The van der Waals surface area contributed by atoms with Crippen LogP contribution >= 0.6 is 23.2 Å². The highest BCUT2D eigenvalue weighted by Crippen LogP contribution is 2.38. The molecule has 3 N–H and O–H groups in total. The summed E-state index contributed by atoms with van der Waals surface area (Å²) in [7, 11) is 2.15. The molecule has 6 rings (SSSR count).